The maximum absolute atomic E-state index is 11.5. The van der Waals surface area contributed by atoms with Crippen molar-refractivity contribution in [2.24, 2.45) is 0 Å². The molecule has 1 aromatic heterocycles. The van der Waals surface area contributed by atoms with E-state index in [1.165, 1.54) is 12.3 Å². The van der Waals surface area contributed by atoms with Crippen molar-refractivity contribution in [2.75, 3.05) is 6.61 Å². The highest BCUT2D eigenvalue weighted by molar-refractivity contribution is 5.92. The Balaban J connectivity index is 2.52. The second kappa shape index (κ2) is 3.90. The molecule has 6 heteroatoms. The number of aromatic nitrogens is 2. The Bertz CT molecular complexity index is 567. The van der Waals surface area contributed by atoms with E-state index < -0.39 is 17.5 Å². The van der Waals surface area contributed by atoms with Crippen molar-refractivity contribution in [3.63, 3.8) is 0 Å². The van der Waals surface area contributed by atoms with E-state index >= 15 is 0 Å². The Labute approximate surface area is 90.2 Å². The van der Waals surface area contributed by atoms with Gasteiger partial charge in [-0.2, -0.15) is 0 Å². The summed E-state index contributed by atoms with van der Waals surface area (Å²) in [5.74, 6) is -0.320. The van der Waals surface area contributed by atoms with E-state index in [-0.39, 0.29) is 12.4 Å². The molecule has 0 saturated heterocycles. The fourth-order valence-electron chi connectivity index (χ4n) is 1.45. The topological polar surface area (TPSA) is 81.2 Å². The Morgan fingerprint density at radius 1 is 1.44 bits per heavy atom. The van der Waals surface area contributed by atoms with Crippen LogP contribution in [0.15, 0.2) is 27.9 Å². The monoisotopic (exact) mass is 222 g/mol. The SMILES string of the molecule is Cc1cn([C@H]2OCC=CC2=O)c(=O)[nH]c1=O. The van der Waals surface area contributed by atoms with Gasteiger partial charge in [0.15, 0.2) is 0 Å². The molecule has 0 spiro atoms. The van der Waals surface area contributed by atoms with E-state index in [1.807, 2.05) is 0 Å². The number of H-pyrrole nitrogens is 1. The van der Waals surface area contributed by atoms with Crippen molar-refractivity contribution < 1.29 is 9.53 Å². The molecule has 84 valence electrons. The number of hydrogen-bond acceptors (Lipinski definition) is 4. The smallest absolute Gasteiger partial charge is 0.330 e. The van der Waals surface area contributed by atoms with Crippen LogP contribution in [0.1, 0.15) is 11.8 Å². The molecule has 1 atom stereocenters. The van der Waals surface area contributed by atoms with E-state index in [1.54, 1.807) is 13.0 Å². The highest BCUT2D eigenvalue weighted by Gasteiger charge is 2.22. The molecule has 1 aliphatic heterocycles. The zero-order valence-corrected chi connectivity index (χ0v) is 8.60. The first-order valence-electron chi connectivity index (χ1n) is 4.73. The van der Waals surface area contributed by atoms with E-state index in [2.05, 4.69) is 4.98 Å². The van der Waals surface area contributed by atoms with Crippen LogP contribution < -0.4 is 11.2 Å². The summed E-state index contributed by atoms with van der Waals surface area (Å²) >= 11 is 0. The van der Waals surface area contributed by atoms with Gasteiger partial charge in [0, 0.05) is 11.8 Å². The van der Waals surface area contributed by atoms with Crippen molar-refractivity contribution >= 4 is 5.78 Å². The maximum atomic E-state index is 11.5. The van der Waals surface area contributed by atoms with Crippen molar-refractivity contribution in [3.8, 4) is 0 Å². The van der Waals surface area contributed by atoms with Gasteiger partial charge < -0.3 is 4.74 Å². The Kier molecular flexibility index (Phi) is 2.57. The normalized spacial score (nSPS) is 20.1. The van der Waals surface area contributed by atoms with Gasteiger partial charge in [-0.25, -0.2) is 4.79 Å². The molecule has 0 fully saturated rings. The van der Waals surface area contributed by atoms with Gasteiger partial charge in [0.2, 0.25) is 12.0 Å². The number of carbonyl (C=O) groups is 1. The number of rotatable bonds is 1. The van der Waals surface area contributed by atoms with Gasteiger partial charge in [-0.3, -0.25) is 19.1 Å². The molecule has 1 N–H and O–H groups in total. The van der Waals surface area contributed by atoms with Gasteiger partial charge in [-0.1, -0.05) is 6.08 Å². The lowest BCUT2D eigenvalue weighted by atomic mass is 10.2. The quantitative estimate of drug-likeness (QED) is 0.694. The Morgan fingerprint density at radius 2 is 2.19 bits per heavy atom. The third-order valence-electron chi connectivity index (χ3n) is 2.27. The lowest BCUT2D eigenvalue weighted by Gasteiger charge is -2.19. The van der Waals surface area contributed by atoms with Gasteiger partial charge >= 0.3 is 5.69 Å². The van der Waals surface area contributed by atoms with Gasteiger partial charge in [0.05, 0.1) is 6.61 Å². The van der Waals surface area contributed by atoms with Crippen molar-refractivity contribution in [1.82, 2.24) is 9.55 Å². The number of nitrogens with zero attached hydrogens (tertiary/aromatic N) is 1. The molecule has 2 heterocycles. The summed E-state index contributed by atoms with van der Waals surface area (Å²) in [6, 6.07) is 0. The van der Waals surface area contributed by atoms with E-state index in [4.69, 9.17) is 4.74 Å². The second-order valence-corrected chi connectivity index (χ2v) is 3.47. The molecule has 2 rings (SSSR count). The van der Waals surface area contributed by atoms with E-state index in [0.29, 0.717) is 5.56 Å². The van der Waals surface area contributed by atoms with E-state index in [9.17, 15) is 14.4 Å². The predicted octanol–water partition coefficient (Wildman–Crippen LogP) is -0.501. The van der Waals surface area contributed by atoms with Gasteiger partial charge in [-0.05, 0) is 13.0 Å². The summed E-state index contributed by atoms with van der Waals surface area (Å²) in [5.41, 5.74) is -0.755. The van der Waals surface area contributed by atoms with Crippen LogP contribution in [0.25, 0.3) is 0 Å². The second-order valence-electron chi connectivity index (χ2n) is 3.47. The summed E-state index contributed by atoms with van der Waals surface area (Å²) < 4.78 is 6.24. The van der Waals surface area contributed by atoms with Crippen molar-refractivity contribution in [2.45, 2.75) is 13.2 Å². The van der Waals surface area contributed by atoms with Crippen LogP contribution in [-0.2, 0) is 9.53 Å². The number of ether oxygens (including phenoxy) is 1. The number of aryl methyl sites for hydroxylation is 1. The summed E-state index contributed by atoms with van der Waals surface area (Å²) in [6.07, 6.45) is 3.28. The van der Waals surface area contributed by atoms with Crippen LogP contribution in [0.4, 0.5) is 0 Å². The fraction of sp³-hybridized carbons (Fsp3) is 0.300. The molecule has 0 aliphatic carbocycles. The van der Waals surface area contributed by atoms with Crippen LogP contribution in [0.5, 0.6) is 0 Å². The molecule has 1 aliphatic rings. The maximum Gasteiger partial charge on any atom is 0.330 e. The molecule has 0 bridgehead atoms. The van der Waals surface area contributed by atoms with E-state index in [0.717, 1.165) is 4.57 Å². The zero-order chi connectivity index (χ0) is 11.7. The standard InChI is InChI=1S/C10H10N2O4/c1-6-5-12(10(15)11-8(6)14)9-7(13)3-2-4-16-9/h2-3,5,9H,4H2,1H3,(H,11,14,15)/t9-/m0/s1. The van der Waals surface area contributed by atoms with Crippen LogP contribution in [0.2, 0.25) is 0 Å². The van der Waals surface area contributed by atoms with Crippen LogP contribution >= 0.6 is 0 Å². The first-order chi connectivity index (χ1) is 7.59. The highest BCUT2D eigenvalue weighted by Crippen LogP contribution is 2.12. The minimum Gasteiger partial charge on any atom is -0.346 e. The number of aromatic amines is 1. The number of ketones is 1. The van der Waals surface area contributed by atoms with Gasteiger partial charge in [-0.15, -0.1) is 0 Å². The molecule has 0 radical (unpaired) electrons. The molecule has 16 heavy (non-hydrogen) atoms. The minimum atomic E-state index is -0.979. The summed E-state index contributed by atoms with van der Waals surface area (Å²) in [7, 11) is 0. The van der Waals surface area contributed by atoms with Crippen molar-refractivity contribution in [1.29, 1.82) is 0 Å². The molecule has 0 amide bonds. The molecule has 0 unspecified atom stereocenters. The first kappa shape index (κ1) is 10.6. The molecule has 0 saturated carbocycles. The van der Waals surface area contributed by atoms with Gasteiger partial charge in [0.25, 0.3) is 5.56 Å². The Morgan fingerprint density at radius 3 is 2.88 bits per heavy atom. The molecule has 6 nitrogen and oxygen atoms in total. The molecular weight excluding hydrogens is 212 g/mol. The lowest BCUT2D eigenvalue weighted by molar-refractivity contribution is -0.132. The zero-order valence-electron chi connectivity index (χ0n) is 8.60. The Hall–Kier alpha value is -1.95. The fourth-order valence-corrected chi connectivity index (χ4v) is 1.45. The van der Waals surface area contributed by atoms with Crippen molar-refractivity contribution in [3.05, 3.63) is 44.8 Å². The predicted molar refractivity (Wildman–Crippen MR) is 55.2 cm³/mol. The van der Waals surface area contributed by atoms with Crippen LogP contribution in [0, 0.1) is 6.92 Å². The third-order valence-corrected chi connectivity index (χ3v) is 2.27. The van der Waals surface area contributed by atoms with Crippen LogP contribution in [-0.4, -0.2) is 21.9 Å². The average molecular weight is 222 g/mol. The number of hydrogen-bond donors (Lipinski definition) is 1. The molecule has 0 aromatic carbocycles. The first-order valence-corrected chi connectivity index (χ1v) is 4.73. The number of nitrogens with one attached hydrogen (secondary N) is 1. The summed E-state index contributed by atoms with van der Waals surface area (Å²) in [5, 5.41) is 0. The lowest BCUT2D eigenvalue weighted by Crippen LogP contribution is -2.37. The number of carbonyl (C=O) groups excluding carboxylic acids is 1. The molecular formula is C10H10N2O4. The summed E-state index contributed by atoms with van der Waals surface area (Å²) in [6.45, 7) is 1.82. The third kappa shape index (κ3) is 1.74. The van der Waals surface area contributed by atoms with Crippen LogP contribution in [0.3, 0.4) is 0 Å². The van der Waals surface area contributed by atoms with Gasteiger partial charge in [0.1, 0.15) is 0 Å². The largest absolute Gasteiger partial charge is 0.346 e. The average Bonchev–Trinajstić information content (AvgIpc) is 2.25. The molecule has 1 aromatic rings. The highest BCUT2D eigenvalue weighted by atomic mass is 16.5. The summed E-state index contributed by atoms with van der Waals surface area (Å²) in [4.78, 5) is 36.2. The minimum absolute atomic E-state index is 0.265.